The van der Waals surface area contributed by atoms with Crippen molar-refractivity contribution < 1.29 is 0 Å². The van der Waals surface area contributed by atoms with E-state index in [0.717, 1.165) is 22.7 Å². The predicted molar refractivity (Wildman–Crippen MR) is 230 cm³/mol. The lowest BCUT2D eigenvalue weighted by molar-refractivity contribution is 0.125. The number of hydrogen-bond donors (Lipinski definition) is 1. The number of nitrogens with one attached hydrogen (secondary N) is 1. The predicted octanol–water partition coefficient (Wildman–Crippen LogP) is 14.1. The monoisotopic (exact) mass is 699 g/mol. The number of benzene rings is 7. The highest BCUT2D eigenvalue weighted by atomic mass is 15.1. The average molecular weight is 700 g/mol. The van der Waals surface area contributed by atoms with Crippen molar-refractivity contribution >= 4 is 60.7 Å². The fourth-order valence-electron chi connectivity index (χ4n) is 9.40. The standard InChI is InChI=1S/C51H45N3/c1-49(2)43-31-41-40-29-33(21-27-45(40)52-46(41)32-44(43)50(3,4)51(49,5)6)34-22-28-48-42(30-34)39-19-13-14-20-47(39)54(48)38-25-23-37(24-26-38)53(35-15-9-7-10-16-35)36-17-11-8-12-18-36/h7-32,52H,1-6H3. The van der Waals surface area contributed by atoms with Crippen LogP contribution < -0.4 is 4.90 Å². The number of aromatic nitrogens is 2. The van der Waals surface area contributed by atoms with Crippen molar-refractivity contribution in [2.45, 2.75) is 52.4 Å². The van der Waals surface area contributed by atoms with Crippen molar-refractivity contribution in [2.24, 2.45) is 5.41 Å². The van der Waals surface area contributed by atoms with E-state index in [9.17, 15) is 0 Å². The van der Waals surface area contributed by atoms with E-state index in [0.29, 0.717) is 0 Å². The highest BCUT2D eigenvalue weighted by Gasteiger charge is 2.56. The summed E-state index contributed by atoms with van der Waals surface area (Å²) in [5.41, 5.74) is 15.0. The van der Waals surface area contributed by atoms with Gasteiger partial charge in [-0.05, 0) is 129 Å². The van der Waals surface area contributed by atoms with Crippen LogP contribution in [0.1, 0.15) is 52.7 Å². The molecule has 0 bridgehead atoms. The van der Waals surface area contributed by atoms with Crippen LogP contribution in [0.3, 0.4) is 0 Å². The van der Waals surface area contributed by atoms with Gasteiger partial charge < -0.3 is 14.5 Å². The Labute approximate surface area is 317 Å². The highest BCUT2D eigenvalue weighted by Crippen LogP contribution is 2.62. The molecule has 54 heavy (non-hydrogen) atoms. The van der Waals surface area contributed by atoms with Crippen molar-refractivity contribution in [3.05, 3.63) is 169 Å². The van der Waals surface area contributed by atoms with Crippen LogP contribution in [0, 0.1) is 5.41 Å². The summed E-state index contributed by atoms with van der Waals surface area (Å²) < 4.78 is 2.40. The minimum Gasteiger partial charge on any atom is -0.355 e. The van der Waals surface area contributed by atoms with E-state index in [2.05, 4.69) is 214 Å². The first-order valence-electron chi connectivity index (χ1n) is 19.2. The number of nitrogens with zero attached hydrogens (tertiary/aromatic N) is 2. The molecule has 264 valence electrons. The van der Waals surface area contributed by atoms with Crippen LogP contribution in [0.4, 0.5) is 17.1 Å². The van der Waals surface area contributed by atoms with Gasteiger partial charge in [0.2, 0.25) is 0 Å². The first-order valence-corrected chi connectivity index (χ1v) is 19.2. The number of anilines is 3. The van der Waals surface area contributed by atoms with Gasteiger partial charge in [-0.2, -0.15) is 0 Å². The molecule has 0 amide bonds. The van der Waals surface area contributed by atoms with E-state index in [-0.39, 0.29) is 16.2 Å². The Morgan fingerprint density at radius 1 is 0.426 bits per heavy atom. The second kappa shape index (κ2) is 11.5. The minimum atomic E-state index is 0.0595. The second-order valence-corrected chi connectivity index (χ2v) is 16.8. The molecule has 10 rings (SSSR count). The molecule has 3 heteroatoms. The molecule has 9 aromatic rings. The zero-order valence-corrected chi connectivity index (χ0v) is 31.9. The largest absolute Gasteiger partial charge is 0.355 e. The maximum atomic E-state index is 3.78. The van der Waals surface area contributed by atoms with Crippen molar-refractivity contribution in [1.29, 1.82) is 0 Å². The molecule has 0 atom stereocenters. The van der Waals surface area contributed by atoms with Gasteiger partial charge in [0.1, 0.15) is 0 Å². The molecule has 3 nitrogen and oxygen atoms in total. The van der Waals surface area contributed by atoms with Gasteiger partial charge >= 0.3 is 0 Å². The minimum absolute atomic E-state index is 0.0595. The molecule has 7 aromatic carbocycles. The van der Waals surface area contributed by atoms with Crippen LogP contribution in [0.5, 0.6) is 0 Å². The molecule has 1 aliphatic carbocycles. The van der Waals surface area contributed by atoms with E-state index in [1.807, 2.05) is 0 Å². The van der Waals surface area contributed by atoms with Crippen molar-refractivity contribution in [3.63, 3.8) is 0 Å². The molecule has 1 N–H and O–H groups in total. The maximum Gasteiger partial charge on any atom is 0.0541 e. The number of H-pyrrole nitrogens is 1. The third kappa shape index (κ3) is 4.54. The molecule has 2 heterocycles. The van der Waals surface area contributed by atoms with E-state index < -0.39 is 0 Å². The zero-order valence-electron chi connectivity index (χ0n) is 31.9. The Balaban J connectivity index is 1.07. The van der Waals surface area contributed by atoms with Crippen molar-refractivity contribution in [1.82, 2.24) is 9.55 Å². The molecule has 0 radical (unpaired) electrons. The first-order chi connectivity index (χ1) is 26.0. The van der Waals surface area contributed by atoms with Gasteiger partial charge in [0.25, 0.3) is 0 Å². The number of hydrogen-bond acceptors (Lipinski definition) is 1. The Kier molecular flexibility index (Phi) is 6.92. The molecule has 2 aromatic heterocycles. The number of fused-ring (bicyclic) bond motifs is 7. The van der Waals surface area contributed by atoms with Gasteiger partial charge in [-0.3, -0.25) is 0 Å². The Morgan fingerprint density at radius 2 is 0.944 bits per heavy atom. The molecule has 0 saturated carbocycles. The van der Waals surface area contributed by atoms with Crippen LogP contribution in [0.15, 0.2) is 158 Å². The van der Waals surface area contributed by atoms with E-state index >= 15 is 0 Å². The van der Waals surface area contributed by atoms with Gasteiger partial charge in [0.05, 0.1) is 11.0 Å². The highest BCUT2D eigenvalue weighted by molar-refractivity contribution is 6.12. The van der Waals surface area contributed by atoms with Crippen LogP contribution in [0.25, 0.3) is 60.4 Å². The Hall–Kier alpha value is -6.06. The third-order valence-electron chi connectivity index (χ3n) is 13.6. The van der Waals surface area contributed by atoms with E-state index in [1.54, 1.807) is 0 Å². The van der Waals surface area contributed by atoms with Gasteiger partial charge in [-0.15, -0.1) is 0 Å². The molecule has 0 unspecified atom stereocenters. The van der Waals surface area contributed by atoms with Gasteiger partial charge in [0.15, 0.2) is 0 Å². The quantitative estimate of drug-likeness (QED) is 0.190. The Bertz CT molecular complexity index is 2850. The summed E-state index contributed by atoms with van der Waals surface area (Å²) in [5, 5.41) is 5.10. The summed E-state index contributed by atoms with van der Waals surface area (Å²) >= 11 is 0. The molecular weight excluding hydrogens is 655 g/mol. The molecule has 1 aliphatic rings. The number of aromatic amines is 1. The Morgan fingerprint density at radius 3 is 1.61 bits per heavy atom. The normalized spacial score (nSPS) is 15.7. The number of para-hydroxylation sites is 3. The van der Waals surface area contributed by atoms with E-state index in [1.165, 1.54) is 65.9 Å². The summed E-state index contributed by atoms with van der Waals surface area (Å²) in [6, 6.07) is 57.8. The van der Waals surface area contributed by atoms with Crippen molar-refractivity contribution in [2.75, 3.05) is 4.90 Å². The van der Waals surface area contributed by atoms with Crippen molar-refractivity contribution in [3.8, 4) is 16.8 Å². The van der Waals surface area contributed by atoms with Gasteiger partial charge in [-0.1, -0.05) is 108 Å². The summed E-state index contributed by atoms with van der Waals surface area (Å²) in [4.78, 5) is 6.08. The lowest BCUT2D eigenvalue weighted by atomic mass is 9.59. The number of rotatable bonds is 5. The summed E-state index contributed by atoms with van der Waals surface area (Å²) in [6.07, 6.45) is 0. The molecule has 0 fully saturated rings. The zero-order chi connectivity index (χ0) is 37.0. The molecular formula is C51H45N3. The van der Waals surface area contributed by atoms with Crippen LogP contribution in [-0.4, -0.2) is 9.55 Å². The SMILES string of the molecule is CC1(C)c2cc3[nH]c4ccc(-c5ccc6c(c5)c5ccccc5n6-c5ccc(N(c6ccccc6)c6ccccc6)cc5)cc4c3cc2C(C)(C)C1(C)C. The van der Waals surface area contributed by atoms with Gasteiger partial charge in [-0.25, -0.2) is 0 Å². The lowest BCUT2D eigenvalue weighted by Gasteiger charge is -2.44. The van der Waals surface area contributed by atoms with Crippen LogP contribution in [0.2, 0.25) is 0 Å². The molecule has 0 saturated heterocycles. The fourth-order valence-corrected chi connectivity index (χ4v) is 9.40. The van der Waals surface area contributed by atoms with Crippen LogP contribution >= 0.6 is 0 Å². The second-order valence-electron chi connectivity index (χ2n) is 16.8. The van der Waals surface area contributed by atoms with Crippen LogP contribution in [-0.2, 0) is 10.8 Å². The average Bonchev–Trinajstić information content (AvgIpc) is 3.75. The van der Waals surface area contributed by atoms with E-state index in [4.69, 9.17) is 0 Å². The lowest BCUT2D eigenvalue weighted by Crippen LogP contribution is -2.42. The molecule has 0 aliphatic heterocycles. The summed E-state index contributed by atoms with van der Waals surface area (Å²) in [5.74, 6) is 0. The fraction of sp³-hybridized carbons (Fsp3) is 0.176. The topological polar surface area (TPSA) is 24.0 Å². The summed E-state index contributed by atoms with van der Waals surface area (Å²) in [6.45, 7) is 14.6. The third-order valence-corrected chi connectivity index (χ3v) is 13.6. The smallest absolute Gasteiger partial charge is 0.0541 e. The maximum absolute atomic E-state index is 3.78. The first kappa shape index (κ1) is 32.6. The summed E-state index contributed by atoms with van der Waals surface area (Å²) in [7, 11) is 0. The molecule has 0 spiro atoms. The van der Waals surface area contributed by atoms with Gasteiger partial charge in [0, 0.05) is 55.3 Å².